The number of aromatic nitrogens is 2. The van der Waals surface area contributed by atoms with Crippen LogP contribution in [0.4, 0.5) is 24.5 Å². The summed E-state index contributed by atoms with van der Waals surface area (Å²) in [5.74, 6) is -0.0295. The quantitative estimate of drug-likeness (QED) is 0.648. The molecule has 2 saturated heterocycles. The molecule has 0 aromatic carbocycles. The number of hydrazine groups is 1. The third-order valence-electron chi connectivity index (χ3n) is 7.04. The molecule has 2 aromatic heterocycles. The molecular formula is C23H27F3N6O. The molecule has 0 spiro atoms. The minimum atomic E-state index is -4.56. The first-order chi connectivity index (χ1) is 15.9. The molecule has 4 heterocycles. The fourth-order valence-corrected chi connectivity index (χ4v) is 5.32. The summed E-state index contributed by atoms with van der Waals surface area (Å²) in [7, 11) is 0. The molecule has 1 aliphatic carbocycles. The van der Waals surface area contributed by atoms with Crippen molar-refractivity contribution in [2.45, 2.75) is 56.3 Å². The van der Waals surface area contributed by atoms with Crippen molar-refractivity contribution in [3.63, 3.8) is 0 Å². The molecule has 1 saturated carbocycles. The molecule has 0 radical (unpaired) electrons. The highest BCUT2D eigenvalue weighted by Crippen LogP contribution is 2.40. The number of amides is 1. The zero-order chi connectivity index (χ0) is 23.0. The summed E-state index contributed by atoms with van der Waals surface area (Å²) in [6.45, 7) is 2.11. The Morgan fingerprint density at radius 3 is 2.73 bits per heavy atom. The van der Waals surface area contributed by atoms with Crippen molar-refractivity contribution in [2.75, 3.05) is 23.3 Å². The molecule has 2 aromatic rings. The Hall–Kier alpha value is -2.72. The monoisotopic (exact) mass is 460 g/mol. The summed E-state index contributed by atoms with van der Waals surface area (Å²) in [5, 5.41) is 2.63. The molecule has 4 unspecified atom stereocenters. The first-order valence-electron chi connectivity index (χ1n) is 11.4. The summed E-state index contributed by atoms with van der Waals surface area (Å²) < 4.78 is 38.9. The van der Waals surface area contributed by atoms with Crippen LogP contribution in [0.3, 0.4) is 0 Å². The Bertz CT molecular complexity index is 1010. The van der Waals surface area contributed by atoms with Crippen LogP contribution in [0.2, 0.25) is 0 Å². The summed E-state index contributed by atoms with van der Waals surface area (Å²) in [5.41, 5.74) is 7.68. The lowest BCUT2D eigenvalue weighted by atomic mass is 9.73. The van der Waals surface area contributed by atoms with Gasteiger partial charge in [0, 0.05) is 43.1 Å². The molecule has 3 fully saturated rings. The van der Waals surface area contributed by atoms with E-state index >= 15 is 0 Å². The number of alkyl halides is 3. The van der Waals surface area contributed by atoms with E-state index in [-0.39, 0.29) is 29.5 Å². The van der Waals surface area contributed by atoms with Crippen LogP contribution in [0, 0.1) is 5.92 Å². The van der Waals surface area contributed by atoms with Crippen molar-refractivity contribution in [3.05, 3.63) is 48.0 Å². The number of nitrogens with zero attached hydrogens (tertiary/aromatic N) is 3. The number of rotatable bonds is 4. The van der Waals surface area contributed by atoms with Gasteiger partial charge in [0.05, 0.1) is 11.9 Å². The van der Waals surface area contributed by atoms with Crippen LogP contribution in [0.1, 0.15) is 49.3 Å². The van der Waals surface area contributed by atoms with Gasteiger partial charge in [-0.25, -0.2) is 5.43 Å². The molecule has 10 heteroatoms. The van der Waals surface area contributed by atoms with Gasteiger partial charge in [-0.3, -0.25) is 20.2 Å². The molecule has 4 atom stereocenters. The summed E-state index contributed by atoms with van der Waals surface area (Å²) in [6, 6.07) is 4.07. The van der Waals surface area contributed by atoms with E-state index in [1.165, 1.54) is 24.5 Å². The third-order valence-corrected chi connectivity index (χ3v) is 7.04. The Kier molecular flexibility index (Phi) is 5.96. The van der Waals surface area contributed by atoms with Crippen LogP contribution in [0.25, 0.3) is 0 Å². The molecular weight excluding hydrogens is 433 g/mol. The molecule has 3 N–H and O–H groups in total. The maximum absolute atomic E-state index is 13.0. The minimum Gasteiger partial charge on any atom is -0.370 e. The predicted molar refractivity (Wildman–Crippen MR) is 117 cm³/mol. The second-order valence-corrected chi connectivity index (χ2v) is 9.13. The molecule has 3 aliphatic rings. The maximum Gasteiger partial charge on any atom is 0.433 e. The number of hydrogen-bond acceptors (Lipinski definition) is 6. The lowest BCUT2D eigenvalue weighted by Gasteiger charge is -2.33. The number of carbonyl (C=O) groups is 1. The number of halogens is 3. The van der Waals surface area contributed by atoms with Gasteiger partial charge in [0.25, 0.3) is 0 Å². The molecule has 7 nitrogen and oxygen atoms in total. The van der Waals surface area contributed by atoms with E-state index in [4.69, 9.17) is 0 Å². The average molecular weight is 461 g/mol. The van der Waals surface area contributed by atoms with Crippen LogP contribution >= 0.6 is 0 Å². The van der Waals surface area contributed by atoms with Crippen molar-refractivity contribution in [1.82, 2.24) is 20.8 Å². The van der Waals surface area contributed by atoms with E-state index in [0.717, 1.165) is 50.3 Å². The lowest BCUT2D eigenvalue weighted by Crippen LogP contribution is -2.42. The van der Waals surface area contributed by atoms with Crippen LogP contribution in [-0.4, -0.2) is 41.0 Å². The molecule has 0 bridgehead atoms. The Balaban J connectivity index is 1.28. The molecule has 1 amide bonds. The van der Waals surface area contributed by atoms with Crippen molar-refractivity contribution < 1.29 is 18.0 Å². The average Bonchev–Trinajstić information content (AvgIpc) is 3.49. The lowest BCUT2D eigenvalue weighted by molar-refractivity contribution is -0.141. The second-order valence-electron chi connectivity index (χ2n) is 9.13. The summed E-state index contributed by atoms with van der Waals surface area (Å²) >= 11 is 0. The first-order valence-corrected chi connectivity index (χ1v) is 11.4. The summed E-state index contributed by atoms with van der Waals surface area (Å²) in [6.07, 6.45) is 5.44. The maximum atomic E-state index is 13.0. The molecule has 5 rings (SSSR count). The smallest absolute Gasteiger partial charge is 0.370 e. The Labute approximate surface area is 190 Å². The highest BCUT2D eigenvalue weighted by Gasteiger charge is 2.44. The standard InChI is InChI=1S/C23H27F3N6O/c24-23(25,26)20-11-16(5-6-28-20)29-22(33)21-18-10-14(3-4-19(18)30-31-21)15-9-17(13-27-12-15)32-7-1-2-8-32/h5-6,9,11-14,18-19,21,30-31H,1-4,7-8,10H2,(H,28,29,33). The minimum absolute atomic E-state index is 0.0307. The number of pyridine rings is 2. The third kappa shape index (κ3) is 4.67. The van der Waals surface area contributed by atoms with E-state index in [2.05, 4.69) is 37.1 Å². The van der Waals surface area contributed by atoms with Crippen molar-refractivity contribution in [2.24, 2.45) is 5.92 Å². The largest absolute Gasteiger partial charge is 0.433 e. The zero-order valence-corrected chi connectivity index (χ0v) is 18.1. The van der Waals surface area contributed by atoms with Gasteiger partial charge in [-0.1, -0.05) is 0 Å². The van der Waals surface area contributed by atoms with Gasteiger partial charge in [-0.15, -0.1) is 0 Å². The SMILES string of the molecule is O=C(Nc1ccnc(C(F)(F)F)c1)C1NNC2CCC(c3cncc(N4CCCC4)c3)CC21. The number of nitrogens with one attached hydrogen (secondary N) is 3. The molecule has 2 aliphatic heterocycles. The highest BCUT2D eigenvalue weighted by atomic mass is 19.4. The van der Waals surface area contributed by atoms with Crippen molar-refractivity contribution in [1.29, 1.82) is 0 Å². The second kappa shape index (κ2) is 8.90. The number of hydrogen-bond donors (Lipinski definition) is 3. The van der Waals surface area contributed by atoms with E-state index in [1.807, 2.05) is 12.4 Å². The zero-order valence-electron chi connectivity index (χ0n) is 18.1. The summed E-state index contributed by atoms with van der Waals surface area (Å²) in [4.78, 5) is 23.2. The van der Waals surface area contributed by atoms with E-state index < -0.39 is 17.9 Å². The van der Waals surface area contributed by atoms with Crippen LogP contribution < -0.4 is 21.1 Å². The molecule has 33 heavy (non-hydrogen) atoms. The van der Waals surface area contributed by atoms with Gasteiger partial charge >= 0.3 is 6.18 Å². The Morgan fingerprint density at radius 2 is 1.94 bits per heavy atom. The predicted octanol–water partition coefficient (Wildman–Crippen LogP) is 3.46. The highest BCUT2D eigenvalue weighted by molar-refractivity contribution is 5.95. The number of carbonyl (C=O) groups excluding carboxylic acids is 1. The molecule has 176 valence electrons. The van der Waals surface area contributed by atoms with Crippen LogP contribution in [-0.2, 0) is 11.0 Å². The van der Waals surface area contributed by atoms with Gasteiger partial charge in [-0.05, 0) is 61.8 Å². The number of anilines is 2. The normalized spacial score (nSPS) is 27.4. The van der Waals surface area contributed by atoms with Gasteiger partial charge in [0.15, 0.2) is 0 Å². The van der Waals surface area contributed by atoms with E-state index in [0.29, 0.717) is 0 Å². The van der Waals surface area contributed by atoms with Gasteiger partial charge in [0.2, 0.25) is 5.91 Å². The van der Waals surface area contributed by atoms with E-state index in [1.54, 1.807) is 0 Å². The van der Waals surface area contributed by atoms with Crippen molar-refractivity contribution in [3.8, 4) is 0 Å². The van der Waals surface area contributed by atoms with E-state index in [9.17, 15) is 18.0 Å². The van der Waals surface area contributed by atoms with Crippen LogP contribution in [0.5, 0.6) is 0 Å². The van der Waals surface area contributed by atoms with Gasteiger partial charge in [0.1, 0.15) is 11.7 Å². The number of fused-ring (bicyclic) bond motifs is 1. The van der Waals surface area contributed by atoms with Gasteiger partial charge < -0.3 is 10.2 Å². The topological polar surface area (TPSA) is 82.2 Å². The Morgan fingerprint density at radius 1 is 1.12 bits per heavy atom. The van der Waals surface area contributed by atoms with Crippen molar-refractivity contribution >= 4 is 17.3 Å². The first kappa shape index (κ1) is 22.1. The fourth-order valence-electron chi connectivity index (χ4n) is 5.32. The van der Waals surface area contributed by atoms with Gasteiger partial charge in [-0.2, -0.15) is 13.2 Å². The van der Waals surface area contributed by atoms with Crippen LogP contribution in [0.15, 0.2) is 36.8 Å². The fraction of sp³-hybridized carbons (Fsp3) is 0.522.